The number of hydrogen-bond acceptors (Lipinski definition) is 3. The maximum absolute atomic E-state index is 11.6. The summed E-state index contributed by atoms with van der Waals surface area (Å²) in [7, 11) is 0. The average molecular weight is 240 g/mol. The van der Waals surface area contributed by atoms with Gasteiger partial charge in [0.1, 0.15) is 5.60 Å². The average Bonchev–Trinajstić information content (AvgIpc) is 2.50. The zero-order valence-electron chi connectivity index (χ0n) is 11.1. The zero-order chi connectivity index (χ0) is 12.5. The number of piperidine rings is 1. The lowest BCUT2D eigenvalue weighted by atomic mass is 9.83. The quantitative estimate of drug-likeness (QED) is 0.775. The third-order valence-corrected chi connectivity index (χ3v) is 3.74. The Balaban J connectivity index is 1.80. The van der Waals surface area contributed by atoms with Crippen molar-refractivity contribution in [3.05, 3.63) is 0 Å². The summed E-state index contributed by atoms with van der Waals surface area (Å²) in [6.45, 7) is 8.58. The summed E-state index contributed by atoms with van der Waals surface area (Å²) >= 11 is 0. The van der Waals surface area contributed by atoms with E-state index in [-0.39, 0.29) is 11.5 Å². The lowest BCUT2D eigenvalue weighted by molar-refractivity contribution is 0.0494. The Morgan fingerprint density at radius 3 is 3.00 bits per heavy atom. The van der Waals surface area contributed by atoms with Gasteiger partial charge in [-0.25, -0.2) is 4.79 Å². The van der Waals surface area contributed by atoms with Crippen molar-refractivity contribution in [2.75, 3.05) is 19.6 Å². The molecule has 98 valence electrons. The molecule has 17 heavy (non-hydrogen) atoms. The Hall–Kier alpha value is -0.770. The number of carbonyl (C=O) groups excluding carboxylic acids is 1. The van der Waals surface area contributed by atoms with Gasteiger partial charge in [0.2, 0.25) is 0 Å². The Kier molecular flexibility index (Phi) is 3.34. The SMILES string of the molecule is CC(C)(C)OC(=O)NCC12CCC(CNC1)C2. The molecule has 2 atom stereocenters. The fourth-order valence-electron chi connectivity index (χ4n) is 3.00. The monoisotopic (exact) mass is 240 g/mol. The van der Waals surface area contributed by atoms with Crippen molar-refractivity contribution in [1.29, 1.82) is 0 Å². The number of ether oxygens (including phenoxy) is 1. The van der Waals surface area contributed by atoms with Gasteiger partial charge in [0.05, 0.1) is 0 Å². The van der Waals surface area contributed by atoms with E-state index in [1.807, 2.05) is 20.8 Å². The number of alkyl carbamates (subject to hydrolysis) is 1. The molecule has 1 aliphatic heterocycles. The molecule has 0 aromatic heterocycles. The first kappa shape index (κ1) is 12.7. The molecule has 4 heteroatoms. The first-order valence-electron chi connectivity index (χ1n) is 6.56. The molecule has 2 N–H and O–H groups in total. The minimum absolute atomic E-state index is 0.278. The second-order valence-corrected chi connectivity index (χ2v) is 6.60. The van der Waals surface area contributed by atoms with Crippen LogP contribution in [0.4, 0.5) is 4.79 Å². The molecule has 1 amide bonds. The van der Waals surface area contributed by atoms with E-state index in [0.29, 0.717) is 0 Å². The van der Waals surface area contributed by atoms with Crippen molar-refractivity contribution in [3.8, 4) is 0 Å². The minimum Gasteiger partial charge on any atom is -0.444 e. The van der Waals surface area contributed by atoms with Gasteiger partial charge in [-0.3, -0.25) is 0 Å². The highest BCUT2D eigenvalue weighted by atomic mass is 16.6. The van der Waals surface area contributed by atoms with E-state index in [1.165, 1.54) is 19.3 Å². The molecule has 0 spiro atoms. The Morgan fingerprint density at radius 2 is 2.29 bits per heavy atom. The highest BCUT2D eigenvalue weighted by molar-refractivity contribution is 5.67. The number of nitrogens with one attached hydrogen (secondary N) is 2. The first-order chi connectivity index (χ1) is 7.89. The van der Waals surface area contributed by atoms with E-state index in [4.69, 9.17) is 4.74 Å². The minimum atomic E-state index is -0.412. The fraction of sp³-hybridized carbons (Fsp3) is 0.923. The maximum Gasteiger partial charge on any atom is 0.407 e. The molecule has 0 aromatic carbocycles. The summed E-state index contributed by atoms with van der Waals surface area (Å²) < 4.78 is 5.26. The van der Waals surface area contributed by atoms with E-state index in [0.717, 1.165) is 25.6 Å². The smallest absolute Gasteiger partial charge is 0.407 e. The van der Waals surface area contributed by atoms with Crippen molar-refractivity contribution >= 4 is 6.09 Å². The van der Waals surface area contributed by atoms with Gasteiger partial charge >= 0.3 is 6.09 Å². The van der Waals surface area contributed by atoms with Crippen LogP contribution in [0.5, 0.6) is 0 Å². The van der Waals surface area contributed by atoms with Crippen LogP contribution in [0.2, 0.25) is 0 Å². The predicted octanol–water partition coefficient (Wildman–Crippen LogP) is 1.90. The molecule has 1 saturated carbocycles. The van der Waals surface area contributed by atoms with Crippen molar-refractivity contribution in [3.63, 3.8) is 0 Å². The molecule has 1 saturated heterocycles. The van der Waals surface area contributed by atoms with Gasteiger partial charge in [0.25, 0.3) is 0 Å². The summed E-state index contributed by atoms with van der Waals surface area (Å²) in [6, 6.07) is 0. The number of fused-ring (bicyclic) bond motifs is 2. The molecule has 2 fully saturated rings. The van der Waals surface area contributed by atoms with E-state index < -0.39 is 5.60 Å². The summed E-state index contributed by atoms with van der Waals surface area (Å²) in [5.74, 6) is 0.809. The van der Waals surface area contributed by atoms with E-state index in [2.05, 4.69) is 10.6 Å². The maximum atomic E-state index is 11.6. The van der Waals surface area contributed by atoms with Crippen LogP contribution in [0.15, 0.2) is 0 Å². The molecular weight excluding hydrogens is 216 g/mol. The van der Waals surface area contributed by atoms with Crippen LogP contribution >= 0.6 is 0 Å². The number of carbonyl (C=O) groups is 1. The van der Waals surface area contributed by atoms with E-state index in [1.54, 1.807) is 0 Å². The molecule has 1 aliphatic carbocycles. The molecule has 1 heterocycles. The third kappa shape index (κ3) is 3.35. The van der Waals surface area contributed by atoms with Crippen LogP contribution in [0.25, 0.3) is 0 Å². The van der Waals surface area contributed by atoms with Gasteiger partial charge in [0.15, 0.2) is 0 Å². The number of rotatable bonds is 2. The number of amides is 1. The van der Waals surface area contributed by atoms with Gasteiger partial charge < -0.3 is 15.4 Å². The molecule has 2 bridgehead atoms. The molecule has 2 aliphatic rings. The van der Waals surface area contributed by atoms with Gasteiger partial charge in [-0.2, -0.15) is 0 Å². The standard InChI is InChI=1S/C13H24N2O2/c1-12(2,3)17-11(16)15-9-13-5-4-10(6-13)7-14-8-13/h10,14H,4-9H2,1-3H3,(H,15,16). The lowest BCUT2D eigenvalue weighted by Crippen LogP contribution is -2.47. The molecular formula is C13H24N2O2. The van der Waals surface area contributed by atoms with Crippen molar-refractivity contribution < 1.29 is 9.53 Å². The van der Waals surface area contributed by atoms with Gasteiger partial charge in [-0.1, -0.05) is 0 Å². The summed E-state index contributed by atoms with van der Waals surface area (Å²) in [5, 5.41) is 6.39. The van der Waals surface area contributed by atoms with Crippen molar-refractivity contribution in [2.45, 2.75) is 45.6 Å². The van der Waals surface area contributed by atoms with Crippen LogP contribution in [0, 0.1) is 11.3 Å². The van der Waals surface area contributed by atoms with Crippen LogP contribution in [-0.4, -0.2) is 31.3 Å². The Bertz CT molecular complexity index is 294. The lowest BCUT2D eigenvalue weighted by Gasteiger charge is -2.34. The zero-order valence-corrected chi connectivity index (χ0v) is 11.1. The first-order valence-corrected chi connectivity index (χ1v) is 6.56. The molecule has 0 aromatic rings. The number of hydrogen-bond donors (Lipinski definition) is 2. The summed E-state index contributed by atoms with van der Waals surface area (Å²) in [5.41, 5.74) is -0.134. The fourth-order valence-corrected chi connectivity index (χ4v) is 3.00. The van der Waals surface area contributed by atoms with Crippen molar-refractivity contribution in [1.82, 2.24) is 10.6 Å². The molecule has 2 unspecified atom stereocenters. The summed E-state index contributed by atoms with van der Waals surface area (Å²) in [4.78, 5) is 11.6. The Labute approximate surface area is 103 Å². The van der Waals surface area contributed by atoms with Gasteiger partial charge in [0, 0.05) is 18.5 Å². The Morgan fingerprint density at radius 1 is 1.53 bits per heavy atom. The normalized spacial score (nSPS) is 32.3. The second-order valence-electron chi connectivity index (χ2n) is 6.60. The highest BCUT2D eigenvalue weighted by Crippen LogP contribution is 2.43. The largest absolute Gasteiger partial charge is 0.444 e. The van der Waals surface area contributed by atoms with E-state index in [9.17, 15) is 4.79 Å². The van der Waals surface area contributed by atoms with Crippen molar-refractivity contribution in [2.24, 2.45) is 11.3 Å². The van der Waals surface area contributed by atoms with E-state index >= 15 is 0 Å². The molecule has 2 rings (SSSR count). The van der Waals surface area contributed by atoms with Gasteiger partial charge in [-0.05, 0) is 52.5 Å². The van der Waals surface area contributed by atoms with Crippen LogP contribution in [-0.2, 0) is 4.74 Å². The second kappa shape index (κ2) is 4.48. The van der Waals surface area contributed by atoms with Crippen LogP contribution < -0.4 is 10.6 Å². The topological polar surface area (TPSA) is 50.4 Å². The molecule has 0 radical (unpaired) electrons. The van der Waals surface area contributed by atoms with Gasteiger partial charge in [-0.15, -0.1) is 0 Å². The predicted molar refractivity (Wildman–Crippen MR) is 66.9 cm³/mol. The summed E-state index contributed by atoms with van der Waals surface area (Å²) in [6.07, 6.45) is 3.47. The highest BCUT2D eigenvalue weighted by Gasteiger charge is 2.42. The van der Waals surface area contributed by atoms with Crippen LogP contribution in [0.3, 0.4) is 0 Å². The third-order valence-electron chi connectivity index (χ3n) is 3.74. The molecule has 4 nitrogen and oxygen atoms in total. The van der Waals surface area contributed by atoms with Crippen LogP contribution in [0.1, 0.15) is 40.0 Å².